The van der Waals surface area contributed by atoms with Gasteiger partial charge >= 0.3 is 0 Å². The van der Waals surface area contributed by atoms with Crippen LogP contribution in [0.2, 0.25) is 0 Å². The number of aliphatic hydroxyl groups is 1. The Morgan fingerprint density at radius 1 is 0.882 bits per heavy atom. The first-order valence-corrected chi connectivity index (χ1v) is 14.4. The lowest BCUT2D eigenvalue weighted by molar-refractivity contribution is -0.627. The molecule has 1 atom stereocenters. The van der Waals surface area contributed by atoms with E-state index in [1.165, 1.54) is 44.9 Å². The summed E-state index contributed by atoms with van der Waals surface area (Å²) >= 11 is 0. The lowest BCUT2D eigenvalue weighted by Crippen LogP contribution is -2.81. The molecule has 0 bridgehead atoms. The smallest absolute Gasteiger partial charge is 0.0882 e. The second-order valence-corrected chi connectivity index (χ2v) is 11.6. The molecule has 0 aliphatic carbocycles. The second kappa shape index (κ2) is 19.9. The van der Waals surface area contributed by atoms with Crippen molar-refractivity contribution in [1.29, 1.82) is 0 Å². The molecule has 206 valence electrons. The lowest BCUT2D eigenvalue weighted by Gasteiger charge is -2.40. The second-order valence-electron chi connectivity index (χ2n) is 11.6. The van der Waals surface area contributed by atoms with Crippen molar-refractivity contribution >= 4 is 0 Å². The van der Waals surface area contributed by atoms with E-state index in [1.54, 1.807) is 0 Å². The standard InChI is InChI=1S/C28H63N5O/c1-8-9-10-11-12-13-14-15-16-26(34)25-32(21-18-27(2,3)31-7)23-24-33(22-20-30-6)28(4,5)17-19-29/h26,30-31,34H,8-25,29H2,1-7H3/p+1. The molecule has 0 aliphatic rings. The molecule has 34 heavy (non-hydrogen) atoms. The molecule has 0 fully saturated rings. The summed E-state index contributed by atoms with van der Waals surface area (Å²) in [5.41, 5.74) is 6.14. The molecular formula is C28H64N5O+. The Bertz CT molecular complexity index is 458. The van der Waals surface area contributed by atoms with E-state index in [4.69, 9.17) is 5.73 Å². The van der Waals surface area contributed by atoms with Crippen molar-refractivity contribution in [3.05, 3.63) is 0 Å². The molecule has 0 aliphatic heterocycles. The van der Waals surface area contributed by atoms with Gasteiger partial charge in [0.2, 0.25) is 0 Å². The zero-order valence-corrected chi connectivity index (χ0v) is 24.3. The predicted octanol–water partition coefficient (Wildman–Crippen LogP) is 3.19. The molecule has 6 heteroatoms. The molecule has 6 N–H and O–H groups in total. The zero-order valence-electron chi connectivity index (χ0n) is 24.3. The van der Waals surface area contributed by atoms with Crippen LogP contribution in [0.15, 0.2) is 0 Å². The van der Waals surface area contributed by atoms with Gasteiger partial charge in [-0.15, -0.1) is 0 Å². The Morgan fingerprint density at radius 2 is 1.50 bits per heavy atom. The van der Waals surface area contributed by atoms with E-state index in [0.29, 0.717) is 0 Å². The Kier molecular flexibility index (Phi) is 19.7. The van der Waals surface area contributed by atoms with Crippen LogP contribution in [0, 0.1) is 0 Å². The maximum atomic E-state index is 10.8. The Labute approximate surface area is 213 Å². The van der Waals surface area contributed by atoms with Crippen LogP contribution in [-0.4, -0.2) is 92.0 Å². The number of hydrogen-bond acceptors (Lipinski definition) is 5. The van der Waals surface area contributed by atoms with Crippen molar-refractivity contribution in [3.63, 3.8) is 0 Å². The van der Waals surface area contributed by atoms with Crippen molar-refractivity contribution < 1.29 is 10.4 Å². The third-order valence-corrected chi connectivity index (χ3v) is 7.58. The highest BCUT2D eigenvalue weighted by molar-refractivity contribution is 4.84. The molecule has 1 unspecified atom stereocenters. The molecule has 6 nitrogen and oxygen atoms in total. The molecule has 0 heterocycles. The van der Waals surface area contributed by atoms with E-state index < -0.39 is 0 Å². The van der Waals surface area contributed by atoms with Crippen LogP contribution in [0.5, 0.6) is 0 Å². The molecule has 0 aromatic rings. The molecule has 0 aromatic carbocycles. The van der Waals surface area contributed by atoms with Gasteiger partial charge < -0.3 is 21.5 Å². The maximum Gasteiger partial charge on any atom is 0.0882 e. The number of nitrogens with two attached hydrogens (primary N) is 2. The van der Waals surface area contributed by atoms with Crippen LogP contribution in [0.1, 0.15) is 105 Å². The number of nitrogens with one attached hydrogen (secondary N) is 1. The largest absolute Gasteiger partial charge is 0.392 e. The molecule has 0 saturated carbocycles. The average molecular weight is 487 g/mol. The first-order valence-electron chi connectivity index (χ1n) is 14.4. The van der Waals surface area contributed by atoms with E-state index in [-0.39, 0.29) is 17.2 Å². The van der Waals surface area contributed by atoms with Gasteiger partial charge in [0.05, 0.1) is 19.7 Å². The van der Waals surface area contributed by atoms with Crippen molar-refractivity contribution in [2.75, 3.05) is 59.9 Å². The minimum atomic E-state index is -0.229. The minimum absolute atomic E-state index is 0.101. The lowest BCUT2D eigenvalue weighted by atomic mass is 9.97. The summed E-state index contributed by atoms with van der Waals surface area (Å²) in [6.45, 7) is 18.1. The van der Waals surface area contributed by atoms with Gasteiger partial charge in [0, 0.05) is 43.8 Å². The number of rotatable bonds is 24. The fraction of sp³-hybridized carbons (Fsp3) is 1.00. The zero-order chi connectivity index (χ0) is 25.9. The maximum absolute atomic E-state index is 10.8. The summed E-state index contributed by atoms with van der Waals surface area (Å²) in [7, 11) is 4.18. The summed E-state index contributed by atoms with van der Waals surface area (Å²) in [6, 6.07) is 0. The van der Waals surface area contributed by atoms with E-state index >= 15 is 0 Å². The van der Waals surface area contributed by atoms with Crippen LogP contribution in [0.3, 0.4) is 0 Å². The fourth-order valence-corrected chi connectivity index (χ4v) is 4.54. The van der Waals surface area contributed by atoms with Crippen molar-refractivity contribution in [3.8, 4) is 0 Å². The summed E-state index contributed by atoms with van der Waals surface area (Å²) < 4.78 is 0. The molecular weight excluding hydrogens is 422 g/mol. The molecule has 0 spiro atoms. The van der Waals surface area contributed by atoms with E-state index in [9.17, 15) is 5.11 Å². The molecule has 0 aromatic heterocycles. The number of nitrogens with zero attached hydrogens (tertiary/aromatic N) is 2. The van der Waals surface area contributed by atoms with E-state index in [1.807, 2.05) is 7.05 Å². The molecule has 0 radical (unpaired) electrons. The van der Waals surface area contributed by atoms with E-state index in [2.05, 4.69) is 62.1 Å². The summed E-state index contributed by atoms with van der Waals surface area (Å²) in [4.78, 5) is 5.09. The van der Waals surface area contributed by atoms with Gasteiger partial charge in [-0.1, -0.05) is 58.3 Å². The Morgan fingerprint density at radius 3 is 2.06 bits per heavy atom. The van der Waals surface area contributed by atoms with Crippen molar-refractivity contribution in [2.45, 2.75) is 122 Å². The average Bonchev–Trinajstić information content (AvgIpc) is 2.78. The third kappa shape index (κ3) is 17.2. The number of hydrogen-bond donors (Lipinski definition) is 4. The van der Waals surface area contributed by atoms with Gasteiger partial charge in [-0.25, -0.2) is 0 Å². The molecule has 0 amide bonds. The van der Waals surface area contributed by atoms with Crippen LogP contribution >= 0.6 is 0 Å². The highest BCUT2D eigenvalue weighted by Gasteiger charge is 2.27. The normalized spacial score (nSPS) is 13.9. The number of likely N-dealkylation sites (N-methyl/N-ethyl adjacent to an activating group) is 1. The highest BCUT2D eigenvalue weighted by Crippen LogP contribution is 2.18. The predicted molar refractivity (Wildman–Crippen MR) is 149 cm³/mol. The first kappa shape index (κ1) is 33.8. The first-order chi connectivity index (χ1) is 16.1. The van der Waals surface area contributed by atoms with Crippen molar-refractivity contribution in [1.82, 2.24) is 15.1 Å². The van der Waals surface area contributed by atoms with Crippen LogP contribution < -0.4 is 16.4 Å². The van der Waals surface area contributed by atoms with Gasteiger partial charge in [-0.2, -0.15) is 0 Å². The van der Waals surface area contributed by atoms with Gasteiger partial charge in [0.15, 0.2) is 0 Å². The quantitative estimate of drug-likeness (QED) is 0.158. The Balaban J connectivity index is 4.76. The molecule has 0 rings (SSSR count). The van der Waals surface area contributed by atoms with Crippen LogP contribution in [0.25, 0.3) is 0 Å². The summed E-state index contributed by atoms with van der Waals surface area (Å²) in [5, 5.41) is 16.5. The van der Waals surface area contributed by atoms with E-state index in [0.717, 1.165) is 71.5 Å². The molecule has 0 saturated heterocycles. The van der Waals surface area contributed by atoms with Gasteiger partial charge in [-0.05, 0) is 60.5 Å². The third-order valence-electron chi connectivity index (χ3n) is 7.58. The SMILES string of the molecule is CCCCCCCCCCC(O)CN(CCN(CC[NH2+]C)C(C)(C)CCN)CCC(C)(C)NC. The highest BCUT2D eigenvalue weighted by atomic mass is 16.3. The summed E-state index contributed by atoms with van der Waals surface area (Å²) in [5.74, 6) is 0. The Hall–Kier alpha value is -0.240. The fourth-order valence-electron chi connectivity index (χ4n) is 4.54. The van der Waals surface area contributed by atoms with Gasteiger partial charge in [-0.3, -0.25) is 9.80 Å². The minimum Gasteiger partial charge on any atom is -0.392 e. The van der Waals surface area contributed by atoms with Crippen molar-refractivity contribution in [2.24, 2.45) is 5.73 Å². The van der Waals surface area contributed by atoms with Crippen LogP contribution in [-0.2, 0) is 0 Å². The summed E-state index contributed by atoms with van der Waals surface area (Å²) in [6.07, 6.45) is 13.3. The number of unbranched alkanes of at least 4 members (excludes halogenated alkanes) is 7. The van der Waals surface area contributed by atoms with Gasteiger partial charge in [0.1, 0.15) is 0 Å². The van der Waals surface area contributed by atoms with Gasteiger partial charge in [0.25, 0.3) is 0 Å². The monoisotopic (exact) mass is 487 g/mol. The number of quaternary nitrogens is 1. The number of aliphatic hydroxyl groups excluding tert-OH is 1. The topological polar surface area (TPSA) is 81.4 Å². The van der Waals surface area contributed by atoms with Crippen LogP contribution in [0.4, 0.5) is 0 Å².